The van der Waals surface area contributed by atoms with Gasteiger partial charge in [-0.2, -0.15) is 13.2 Å². The maximum atomic E-state index is 12.5. The Hall–Kier alpha value is -2.50. The summed E-state index contributed by atoms with van der Waals surface area (Å²) in [6.07, 6.45) is -4.41. The van der Waals surface area contributed by atoms with Crippen molar-refractivity contribution >= 4 is 5.97 Å². The predicted molar refractivity (Wildman–Crippen MR) is 69.9 cm³/mol. The van der Waals surface area contributed by atoms with Crippen LogP contribution in [0.15, 0.2) is 42.5 Å². The smallest absolute Gasteiger partial charge is 0.416 e. The van der Waals surface area contributed by atoms with E-state index in [-0.39, 0.29) is 11.3 Å². The normalized spacial score (nSPS) is 11.2. The van der Waals surface area contributed by atoms with Crippen LogP contribution in [0, 0.1) is 0 Å². The van der Waals surface area contributed by atoms with E-state index in [1.54, 1.807) is 0 Å². The highest BCUT2D eigenvalue weighted by Crippen LogP contribution is 2.34. The van der Waals surface area contributed by atoms with Gasteiger partial charge in [0.1, 0.15) is 5.75 Å². The van der Waals surface area contributed by atoms with Crippen molar-refractivity contribution < 1.29 is 27.8 Å². The van der Waals surface area contributed by atoms with Gasteiger partial charge in [-0.25, -0.2) is 4.79 Å². The van der Waals surface area contributed by atoms with Crippen LogP contribution in [0.1, 0.15) is 15.9 Å². The second-order valence-corrected chi connectivity index (χ2v) is 4.30. The summed E-state index contributed by atoms with van der Waals surface area (Å²) in [7, 11) is 1.21. The molecule has 0 amide bonds. The monoisotopic (exact) mass is 296 g/mol. The number of phenolic OH excluding ortho intramolecular Hbond substituents is 1. The molecule has 3 nitrogen and oxygen atoms in total. The Labute approximate surface area is 118 Å². The first-order valence-corrected chi connectivity index (χ1v) is 5.92. The van der Waals surface area contributed by atoms with Gasteiger partial charge < -0.3 is 9.84 Å². The van der Waals surface area contributed by atoms with Crippen molar-refractivity contribution in [3.8, 4) is 16.9 Å². The van der Waals surface area contributed by atoms with Crippen molar-refractivity contribution in [1.82, 2.24) is 0 Å². The summed E-state index contributed by atoms with van der Waals surface area (Å²) in [5.74, 6) is -0.818. The molecule has 0 aliphatic carbocycles. The van der Waals surface area contributed by atoms with Gasteiger partial charge in [0, 0.05) is 5.56 Å². The van der Waals surface area contributed by atoms with Crippen molar-refractivity contribution in [3.63, 3.8) is 0 Å². The van der Waals surface area contributed by atoms with Gasteiger partial charge >= 0.3 is 12.1 Å². The lowest BCUT2D eigenvalue weighted by Crippen LogP contribution is -2.04. The molecule has 0 bridgehead atoms. The summed E-state index contributed by atoms with van der Waals surface area (Å²) in [5.41, 5.74) is 0.135. The van der Waals surface area contributed by atoms with Gasteiger partial charge in [0.25, 0.3) is 0 Å². The van der Waals surface area contributed by atoms with E-state index in [0.29, 0.717) is 11.1 Å². The average Bonchev–Trinajstić information content (AvgIpc) is 2.45. The van der Waals surface area contributed by atoms with E-state index in [0.717, 1.165) is 12.1 Å². The number of alkyl halides is 3. The lowest BCUT2D eigenvalue weighted by Gasteiger charge is -2.09. The zero-order valence-corrected chi connectivity index (χ0v) is 10.9. The number of hydrogen-bond acceptors (Lipinski definition) is 3. The van der Waals surface area contributed by atoms with Gasteiger partial charge in [-0.05, 0) is 35.9 Å². The average molecular weight is 296 g/mol. The van der Waals surface area contributed by atoms with Crippen LogP contribution >= 0.6 is 0 Å². The van der Waals surface area contributed by atoms with E-state index in [4.69, 9.17) is 0 Å². The molecule has 2 rings (SSSR count). The molecular weight excluding hydrogens is 285 g/mol. The Balaban J connectivity index is 2.36. The first-order chi connectivity index (χ1) is 9.82. The Kier molecular flexibility index (Phi) is 3.88. The van der Waals surface area contributed by atoms with Gasteiger partial charge in [0.15, 0.2) is 0 Å². The van der Waals surface area contributed by atoms with Crippen LogP contribution in [0.25, 0.3) is 11.1 Å². The number of carbonyl (C=O) groups excluding carboxylic acids is 1. The van der Waals surface area contributed by atoms with Crippen LogP contribution in [-0.2, 0) is 10.9 Å². The lowest BCUT2D eigenvalue weighted by molar-refractivity contribution is -0.137. The molecule has 6 heteroatoms. The van der Waals surface area contributed by atoms with E-state index in [9.17, 15) is 23.1 Å². The van der Waals surface area contributed by atoms with Crippen LogP contribution in [0.2, 0.25) is 0 Å². The van der Waals surface area contributed by atoms with E-state index in [1.807, 2.05) is 0 Å². The summed E-state index contributed by atoms with van der Waals surface area (Å²) in [5, 5.41) is 9.89. The molecular formula is C15H11F3O3. The molecule has 0 aliphatic heterocycles. The highest BCUT2D eigenvalue weighted by Gasteiger charge is 2.30. The van der Waals surface area contributed by atoms with Crippen LogP contribution in [0.4, 0.5) is 13.2 Å². The number of carbonyl (C=O) groups is 1. The zero-order chi connectivity index (χ0) is 15.6. The minimum absolute atomic E-state index is 0.158. The number of esters is 1. The van der Waals surface area contributed by atoms with Crippen LogP contribution in [0.5, 0.6) is 5.75 Å². The number of aromatic hydroxyl groups is 1. The zero-order valence-electron chi connectivity index (χ0n) is 10.9. The molecule has 1 N–H and O–H groups in total. The Morgan fingerprint density at radius 1 is 1.10 bits per heavy atom. The van der Waals surface area contributed by atoms with E-state index < -0.39 is 17.7 Å². The molecule has 110 valence electrons. The second kappa shape index (κ2) is 5.47. The van der Waals surface area contributed by atoms with Crippen molar-refractivity contribution in [3.05, 3.63) is 53.6 Å². The predicted octanol–water partition coefficient (Wildman–Crippen LogP) is 3.86. The minimum atomic E-state index is -4.41. The molecule has 0 saturated heterocycles. The summed E-state index contributed by atoms with van der Waals surface area (Å²) < 4.78 is 42.0. The van der Waals surface area contributed by atoms with E-state index >= 15 is 0 Å². The first kappa shape index (κ1) is 14.9. The third-order valence-electron chi connectivity index (χ3n) is 2.94. The van der Waals surface area contributed by atoms with Gasteiger partial charge in [0.05, 0.1) is 18.2 Å². The molecule has 21 heavy (non-hydrogen) atoms. The Bertz CT molecular complexity index is 661. The quantitative estimate of drug-likeness (QED) is 0.856. The molecule has 0 saturated carbocycles. The van der Waals surface area contributed by atoms with Crippen molar-refractivity contribution in [2.24, 2.45) is 0 Å². The summed E-state index contributed by atoms with van der Waals surface area (Å²) in [4.78, 5) is 11.3. The Morgan fingerprint density at radius 2 is 1.71 bits per heavy atom. The minimum Gasteiger partial charge on any atom is -0.507 e. The lowest BCUT2D eigenvalue weighted by atomic mass is 10.0. The number of benzene rings is 2. The fourth-order valence-electron chi connectivity index (χ4n) is 1.86. The fourth-order valence-corrected chi connectivity index (χ4v) is 1.86. The van der Waals surface area contributed by atoms with Gasteiger partial charge in [-0.1, -0.05) is 12.1 Å². The highest BCUT2D eigenvalue weighted by atomic mass is 19.4. The van der Waals surface area contributed by atoms with Crippen molar-refractivity contribution in [2.45, 2.75) is 6.18 Å². The fraction of sp³-hybridized carbons (Fsp3) is 0.133. The molecule has 0 spiro atoms. The van der Waals surface area contributed by atoms with Crippen molar-refractivity contribution in [1.29, 1.82) is 0 Å². The molecule has 0 atom stereocenters. The summed E-state index contributed by atoms with van der Waals surface area (Å²) >= 11 is 0. The number of phenols is 1. The largest absolute Gasteiger partial charge is 0.507 e. The molecule has 2 aromatic rings. The third-order valence-corrected chi connectivity index (χ3v) is 2.94. The topological polar surface area (TPSA) is 46.5 Å². The molecule has 0 heterocycles. The van der Waals surface area contributed by atoms with Crippen molar-refractivity contribution in [2.75, 3.05) is 7.11 Å². The number of methoxy groups -OCH3 is 1. The standard InChI is InChI=1S/C15H11F3O3/c1-21-14(20)10-4-7-12(13(19)8-10)9-2-5-11(6-3-9)15(16,17)18/h2-8,19H,1H3. The van der Waals surface area contributed by atoms with Crippen LogP contribution < -0.4 is 0 Å². The van der Waals surface area contributed by atoms with Crippen LogP contribution in [-0.4, -0.2) is 18.2 Å². The van der Waals surface area contributed by atoms with Gasteiger partial charge in [0.2, 0.25) is 0 Å². The molecule has 2 aromatic carbocycles. The van der Waals surface area contributed by atoms with Gasteiger partial charge in [-0.15, -0.1) is 0 Å². The maximum Gasteiger partial charge on any atom is 0.416 e. The SMILES string of the molecule is COC(=O)c1ccc(-c2ccc(C(F)(F)F)cc2)c(O)c1. The summed E-state index contributed by atoms with van der Waals surface area (Å²) in [6.45, 7) is 0. The molecule has 0 fully saturated rings. The number of hydrogen-bond donors (Lipinski definition) is 1. The Morgan fingerprint density at radius 3 is 2.19 bits per heavy atom. The van der Waals surface area contributed by atoms with E-state index in [2.05, 4.69) is 4.74 Å². The van der Waals surface area contributed by atoms with Crippen LogP contribution in [0.3, 0.4) is 0 Å². The molecule has 0 unspecified atom stereocenters. The molecule has 0 aliphatic rings. The molecule has 0 radical (unpaired) electrons. The van der Waals surface area contributed by atoms with E-state index in [1.165, 1.54) is 37.4 Å². The summed E-state index contributed by atoms with van der Waals surface area (Å²) in [6, 6.07) is 8.47. The number of halogens is 3. The van der Waals surface area contributed by atoms with Gasteiger partial charge in [-0.3, -0.25) is 0 Å². The highest BCUT2D eigenvalue weighted by molar-refractivity contribution is 5.91. The second-order valence-electron chi connectivity index (χ2n) is 4.30. The maximum absolute atomic E-state index is 12.5. The molecule has 0 aromatic heterocycles. The first-order valence-electron chi connectivity index (χ1n) is 5.92. The number of rotatable bonds is 2. The third kappa shape index (κ3) is 3.16. The number of ether oxygens (including phenoxy) is 1.